The monoisotopic (exact) mass is 339 g/mol. The first-order valence-corrected chi connectivity index (χ1v) is 5.39. The molecule has 2 rings (SSSR count). The van der Waals surface area contributed by atoms with Crippen LogP contribution in [0.4, 0.5) is 5.69 Å². The summed E-state index contributed by atoms with van der Waals surface area (Å²) in [6.45, 7) is 0. The molecule has 0 spiro atoms. The lowest BCUT2D eigenvalue weighted by Gasteiger charge is -2.10. The summed E-state index contributed by atoms with van der Waals surface area (Å²) in [5.41, 5.74) is 5.92. The SMILES string of the molecule is Cl.NC1(C(=O)Nc2ccncc2I)CC1. The largest absolute Gasteiger partial charge is 0.323 e. The molecule has 0 saturated heterocycles. The molecule has 1 saturated carbocycles. The van der Waals surface area contributed by atoms with Crippen molar-refractivity contribution in [1.82, 2.24) is 4.98 Å². The molecular formula is C9H11ClIN3O. The van der Waals surface area contributed by atoms with Crippen LogP contribution in [0.3, 0.4) is 0 Å². The number of pyridine rings is 1. The average Bonchev–Trinajstić information content (AvgIpc) is 2.89. The molecule has 6 heteroatoms. The molecule has 1 aliphatic rings. The van der Waals surface area contributed by atoms with Gasteiger partial charge in [-0.25, -0.2) is 0 Å². The summed E-state index contributed by atoms with van der Waals surface area (Å²) >= 11 is 2.12. The molecule has 1 aromatic rings. The van der Waals surface area contributed by atoms with Crippen LogP contribution in [0.2, 0.25) is 0 Å². The lowest BCUT2D eigenvalue weighted by Crippen LogP contribution is -2.38. The Morgan fingerprint density at radius 1 is 1.60 bits per heavy atom. The Morgan fingerprint density at radius 2 is 2.27 bits per heavy atom. The fourth-order valence-corrected chi connectivity index (χ4v) is 1.56. The third-order valence-corrected chi connectivity index (χ3v) is 3.12. The molecule has 0 unspecified atom stereocenters. The van der Waals surface area contributed by atoms with E-state index in [1.54, 1.807) is 18.5 Å². The molecule has 0 radical (unpaired) electrons. The molecule has 15 heavy (non-hydrogen) atoms. The normalized spacial score (nSPS) is 16.4. The van der Waals surface area contributed by atoms with Crippen molar-refractivity contribution >= 4 is 46.6 Å². The minimum absolute atomic E-state index is 0. The van der Waals surface area contributed by atoms with Gasteiger partial charge in [-0.05, 0) is 41.5 Å². The molecule has 0 bridgehead atoms. The summed E-state index contributed by atoms with van der Waals surface area (Å²) in [5.74, 6) is -0.0957. The number of hydrogen-bond donors (Lipinski definition) is 2. The van der Waals surface area contributed by atoms with Gasteiger partial charge in [-0.3, -0.25) is 9.78 Å². The lowest BCUT2D eigenvalue weighted by atomic mass is 10.2. The minimum atomic E-state index is -0.619. The van der Waals surface area contributed by atoms with Gasteiger partial charge in [-0.2, -0.15) is 0 Å². The zero-order valence-electron chi connectivity index (χ0n) is 7.87. The first-order chi connectivity index (χ1) is 6.62. The molecule has 1 heterocycles. The maximum absolute atomic E-state index is 11.6. The Bertz CT molecular complexity index is 381. The average molecular weight is 340 g/mol. The highest BCUT2D eigenvalue weighted by Gasteiger charge is 2.46. The van der Waals surface area contributed by atoms with Crippen molar-refractivity contribution in [3.63, 3.8) is 0 Å². The van der Waals surface area contributed by atoms with Crippen LogP contribution in [-0.4, -0.2) is 16.4 Å². The molecule has 1 amide bonds. The van der Waals surface area contributed by atoms with Crippen LogP contribution in [0.5, 0.6) is 0 Å². The maximum atomic E-state index is 11.6. The minimum Gasteiger partial charge on any atom is -0.323 e. The van der Waals surface area contributed by atoms with E-state index in [1.807, 2.05) is 0 Å². The van der Waals surface area contributed by atoms with Gasteiger partial charge in [0.25, 0.3) is 0 Å². The standard InChI is InChI=1S/C9H10IN3O.ClH/c10-6-5-12-4-1-7(6)13-8(14)9(11)2-3-9;/h1,4-5H,2-3,11H2,(H,12,13,14);1H. The number of carbonyl (C=O) groups excluding carboxylic acids is 1. The van der Waals surface area contributed by atoms with Gasteiger partial charge in [0.2, 0.25) is 5.91 Å². The van der Waals surface area contributed by atoms with Gasteiger partial charge in [0.1, 0.15) is 0 Å². The van der Waals surface area contributed by atoms with E-state index in [9.17, 15) is 4.79 Å². The highest BCUT2D eigenvalue weighted by atomic mass is 127. The molecule has 0 aromatic carbocycles. The summed E-state index contributed by atoms with van der Waals surface area (Å²) in [5, 5.41) is 2.80. The molecule has 82 valence electrons. The van der Waals surface area contributed by atoms with Gasteiger partial charge in [0.15, 0.2) is 0 Å². The summed E-state index contributed by atoms with van der Waals surface area (Å²) in [7, 11) is 0. The smallest absolute Gasteiger partial charge is 0.244 e. The van der Waals surface area contributed by atoms with Crippen LogP contribution < -0.4 is 11.1 Å². The second-order valence-corrected chi connectivity index (χ2v) is 4.63. The third kappa shape index (κ3) is 2.79. The Balaban J connectivity index is 0.00000112. The van der Waals surface area contributed by atoms with Gasteiger partial charge in [0, 0.05) is 12.4 Å². The molecule has 4 nitrogen and oxygen atoms in total. The molecule has 1 aromatic heterocycles. The van der Waals surface area contributed by atoms with E-state index in [0.717, 1.165) is 22.1 Å². The summed E-state index contributed by atoms with van der Waals surface area (Å²) in [6.07, 6.45) is 4.90. The second kappa shape index (κ2) is 4.63. The Hall–Kier alpha value is -0.400. The van der Waals surface area contributed by atoms with Crippen LogP contribution in [0.25, 0.3) is 0 Å². The van der Waals surface area contributed by atoms with E-state index < -0.39 is 5.54 Å². The van der Waals surface area contributed by atoms with Crippen LogP contribution in [-0.2, 0) is 4.79 Å². The third-order valence-electron chi connectivity index (χ3n) is 2.26. The highest BCUT2D eigenvalue weighted by molar-refractivity contribution is 14.1. The van der Waals surface area contributed by atoms with E-state index in [2.05, 4.69) is 32.9 Å². The number of amides is 1. The van der Waals surface area contributed by atoms with E-state index in [1.165, 1.54) is 0 Å². The van der Waals surface area contributed by atoms with E-state index in [0.29, 0.717) is 0 Å². The van der Waals surface area contributed by atoms with Crippen LogP contribution in [0.1, 0.15) is 12.8 Å². The van der Waals surface area contributed by atoms with Crippen molar-refractivity contribution in [1.29, 1.82) is 0 Å². The topological polar surface area (TPSA) is 68.0 Å². The van der Waals surface area contributed by atoms with E-state index >= 15 is 0 Å². The predicted molar refractivity (Wildman–Crippen MR) is 69.0 cm³/mol. The van der Waals surface area contributed by atoms with E-state index in [4.69, 9.17) is 5.73 Å². The van der Waals surface area contributed by atoms with Gasteiger partial charge < -0.3 is 11.1 Å². The lowest BCUT2D eigenvalue weighted by molar-refractivity contribution is -0.118. The molecule has 1 aliphatic carbocycles. The van der Waals surface area contributed by atoms with Crippen molar-refractivity contribution in [2.45, 2.75) is 18.4 Å². The summed E-state index contributed by atoms with van der Waals surface area (Å²) in [6, 6.07) is 1.77. The van der Waals surface area contributed by atoms with Crippen molar-refractivity contribution in [3.8, 4) is 0 Å². The number of nitrogens with one attached hydrogen (secondary N) is 1. The van der Waals surface area contributed by atoms with Crippen LogP contribution >= 0.6 is 35.0 Å². The molecule has 1 fully saturated rings. The van der Waals surface area contributed by atoms with Crippen molar-refractivity contribution in [2.75, 3.05) is 5.32 Å². The van der Waals surface area contributed by atoms with Crippen LogP contribution in [0, 0.1) is 3.57 Å². The number of nitrogens with zero attached hydrogens (tertiary/aromatic N) is 1. The molecule has 0 aliphatic heterocycles. The van der Waals surface area contributed by atoms with Gasteiger partial charge in [-0.15, -0.1) is 12.4 Å². The van der Waals surface area contributed by atoms with Crippen LogP contribution in [0.15, 0.2) is 18.5 Å². The first-order valence-electron chi connectivity index (χ1n) is 4.32. The highest BCUT2D eigenvalue weighted by Crippen LogP contribution is 2.33. The van der Waals surface area contributed by atoms with Gasteiger partial charge >= 0.3 is 0 Å². The first kappa shape index (κ1) is 12.7. The fourth-order valence-electron chi connectivity index (χ4n) is 1.09. The Kier molecular flexibility index (Phi) is 3.91. The number of nitrogens with two attached hydrogens (primary N) is 1. The second-order valence-electron chi connectivity index (χ2n) is 3.47. The van der Waals surface area contributed by atoms with E-state index in [-0.39, 0.29) is 18.3 Å². The Labute approximate surface area is 108 Å². The fraction of sp³-hybridized carbons (Fsp3) is 0.333. The quantitative estimate of drug-likeness (QED) is 0.803. The van der Waals surface area contributed by atoms with Crippen molar-refractivity contribution < 1.29 is 4.79 Å². The van der Waals surface area contributed by atoms with Gasteiger partial charge in [-0.1, -0.05) is 0 Å². The zero-order valence-corrected chi connectivity index (χ0v) is 10.8. The number of hydrogen-bond acceptors (Lipinski definition) is 3. The maximum Gasteiger partial charge on any atom is 0.244 e. The zero-order chi connectivity index (χ0) is 10.2. The number of anilines is 1. The van der Waals surface area contributed by atoms with Gasteiger partial charge in [0.05, 0.1) is 14.8 Å². The van der Waals surface area contributed by atoms with Crippen molar-refractivity contribution in [3.05, 3.63) is 22.0 Å². The molecule has 3 N–H and O–H groups in total. The predicted octanol–water partition coefficient (Wildman–Crippen LogP) is 1.54. The number of carbonyl (C=O) groups is 1. The summed E-state index contributed by atoms with van der Waals surface area (Å²) in [4.78, 5) is 15.5. The van der Waals surface area contributed by atoms with Crippen molar-refractivity contribution in [2.24, 2.45) is 5.73 Å². The number of aromatic nitrogens is 1. The Morgan fingerprint density at radius 3 is 2.80 bits per heavy atom. The molecule has 0 atom stereocenters. The number of halogens is 2. The molecular weight excluding hydrogens is 328 g/mol. The number of rotatable bonds is 2. The summed E-state index contributed by atoms with van der Waals surface area (Å²) < 4.78 is 0.919.